The molecule has 0 saturated carbocycles. The van der Waals surface area contributed by atoms with Crippen LogP contribution in [0.1, 0.15) is 30.5 Å². The van der Waals surface area contributed by atoms with Crippen molar-refractivity contribution in [3.63, 3.8) is 0 Å². The van der Waals surface area contributed by atoms with E-state index in [2.05, 4.69) is 6.92 Å². The summed E-state index contributed by atoms with van der Waals surface area (Å²) in [6.07, 6.45) is 0.868. The molecule has 0 aliphatic rings. The lowest BCUT2D eigenvalue weighted by Gasteiger charge is -2.15. The first kappa shape index (κ1) is 13.4. The fourth-order valence-electron chi connectivity index (χ4n) is 1.95. The van der Waals surface area contributed by atoms with E-state index in [1.807, 2.05) is 30.3 Å². The lowest BCUT2D eigenvalue weighted by molar-refractivity contribution is 0.300. The maximum atomic E-state index is 9.42. The second kappa shape index (κ2) is 6.25. The standard InChI is InChI=1S/C16H19NO2/c1-2-15(17)14-8-3-4-9-16(14)19-11-12-6-5-7-13(18)10-12/h3-10,15,18H,2,11,17H2,1H3/t15-/m1/s1. The quantitative estimate of drug-likeness (QED) is 0.863. The maximum Gasteiger partial charge on any atom is 0.124 e. The molecule has 0 bridgehead atoms. The number of phenols is 1. The summed E-state index contributed by atoms with van der Waals surface area (Å²) in [5.74, 6) is 1.06. The summed E-state index contributed by atoms with van der Waals surface area (Å²) >= 11 is 0. The predicted molar refractivity (Wildman–Crippen MR) is 76.1 cm³/mol. The van der Waals surface area contributed by atoms with E-state index < -0.39 is 0 Å². The Morgan fingerprint density at radius 1 is 1.16 bits per heavy atom. The number of phenolic OH excluding ortho intramolecular Hbond substituents is 1. The number of ether oxygens (including phenoxy) is 1. The van der Waals surface area contributed by atoms with Gasteiger partial charge in [0.25, 0.3) is 0 Å². The maximum absolute atomic E-state index is 9.42. The highest BCUT2D eigenvalue weighted by atomic mass is 16.5. The van der Waals surface area contributed by atoms with E-state index in [1.165, 1.54) is 0 Å². The predicted octanol–water partition coefficient (Wildman–Crippen LogP) is 3.38. The van der Waals surface area contributed by atoms with Crippen LogP contribution >= 0.6 is 0 Å². The van der Waals surface area contributed by atoms with Gasteiger partial charge in [0.15, 0.2) is 0 Å². The van der Waals surface area contributed by atoms with Gasteiger partial charge >= 0.3 is 0 Å². The summed E-state index contributed by atoms with van der Waals surface area (Å²) in [5.41, 5.74) is 8.02. The molecule has 0 aliphatic carbocycles. The van der Waals surface area contributed by atoms with Gasteiger partial charge in [0.1, 0.15) is 18.1 Å². The Labute approximate surface area is 113 Å². The number of para-hydroxylation sites is 1. The number of aromatic hydroxyl groups is 1. The van der Waals surface area contributed by atoms with Gasteiger partial charge in [0.05, 0.1) is 0 Å². The van der Waals surface area contributed by atoms with Crippen molar-refractivity contribution in [2.45, 2.75) is 26.0 Å². The first-order valence-corrected chi connectivity index (χ1v) is 6.46. The van der Waals surface area contributed by atoms with Gasteiger partial charge in [-0.15, -0.1) is 0 Å². The molecule has 0 aliphatic heterocycles. The van der Waals surface area contributed by atoms with E-state index in [-0.39, 0.29) is 11.8 Å². The van der Waals surface area contributed by atoms with Crippen LogP contribution in [-0.2, 0) is 6.61 Å². The number of hydrogen-bond donors (Lipinski definition) is 2. The first-order chi connectivity index (χ1) is 9.20. The molecular formula is C16H19NO2. The van der Waals surface area contributed by atoms with Gasteiger partial charge in [-0.2, -0.15) is 0 Å². The number of rotatable bonds is 5. The Morgan fingerprint density at radius 3 is 2.68 bits per heavy atom. The molecule has 3 heteroatoms. The Morgan fingerprint density at radius 2 is 1.95 bits per heavy atom. The third-order valence-corrected chi connectivity index (χ3v) is 3.06. The molecule has 0 aromatic heterocycles. The van der Waals surface area contributed by atoms with E-state index in [9.17, 15) is 5.11 Å². The molecule has 0 spiro atoms. The van der Waals surface area contributed by atoms with E-state index >= 15 is 0 Å². The molecule has 0 unspecified atom stereocenters. The average Bonchev–Trinajstić information content (AvgIpc) is 2.45. The van der Waals surface area contributed by atoms with Crippen molar-refractivity contribution in [2.75, 3.05) is 0 Å². The third kappa shape index (κ3) is 3.48. The molecule has 0 amide bonds. The summed E-state index contributed by atoms with van der Waals surface area (Å²) in [6.45, 7) is 2.47. The van der Waals surface area contributed by atoms with Gasteiger partial charge in [-0.25, -0.2) is 0 Å². The van der Waals surface area contributed by atoms with Gasteiger partial charge in [-0.1, -0.05) is 37.3 Å². The minimum Gasteiger partial charge on any atom is -0.508 e. The van der Waals surface area contributed by atoms with Crippen LogP contribution in [0.25, 0.3) is 0 Å². The highest BCUT2D eigenvalue weighted by Gasteiger charge is 2.09. The Hall–Kier alpha value is -2.00. The summed E-state index contributed by atoms with van der Waals surface area (Å²) < 4.78 is 5.81. The van der Waals surface area contributed by atoms with Crippen LogP contribution in [0.15, 0.2) is 48.5 Å². The zero-order chi connectivity index (χ0) is 13.7. The van der Waals surface area contributed by atoms with Crippen molar-refractivity contribution >= 4 is 0 Å². The van der Waals surface area contributed by atoms with Crippen molar-refractivity contribution in [1.29, 1.82) is 0 Å². The molecular weight excluding hydrogens is 238 g/mol. The summed E-state index contributed by atoms with van der Waals surface area (Å²) in [7, 11) is 0. The molecule has 1 atom stereocenters. The topological polar surface area (TPSA) is 55.5 Å². The summed E-state index contributed by atoms with van der Waals surface area (Å²) in [4.78, 5) is 0. The van der Waals surface area contributed by atoms with Gasteiger partial charge in [-0.05, 0) is 30.2 Å². The van der Waals surface area contributed by atoms with E-state index in [4.69, 9.17) is 10.5 Å². The minimum atomic E-state index is -0.0135. The molecule has 3 N–H and O–H groups in total. The molecule has 2 aromatic rings. The highest BCUT2D eigenvalue weighted by Crippen LogP contribution is 2.26. The molecule has 100 valence electrons. The Kier molecular flexibility index (Phi) is 4.42. The SMILES string of the molecule is CC[C@@H](N)c1ccccc1OCc1cccc(O)c1. The van der Waals surface area contributed by atoms with Crippen LogP contribution in [0.3, 0.4) is 0 Å². The smallest absolute Gasteiger partial charge is 0.124 e. The molecule has 0 heterocycles. The molecule has 0 saturated heterocycles. The van der Waals surface area contributed by atoms with Crippen molar-refractivity contribution < 1.29 is 9.84 Å². The fraction of sp³-hybridized carbons (Fsp3) is 0.250. The second-order valence-electron chi connectivity index (χ2n) is 4.51. The minimum absolute atomic E-state index is 0.0135. The van der Waals surface area contributed by atoms with Gasteiger partial charge in [0.2, 0.25) is 0 Å². The second-order valence-corrected chi connectivity index (χ2v) is 4.51. The molecule has 2 aromatic carbocycles. The third-order valence-electron chi connectivity index (χ3n) is 3.06. The van der Waals surface area contributed by atoms with E-state index in [0.717, 1.165) is 23.3 Å². The van der Waals surface area contributed by atoms with Crippen LogP contribution in [0.2, 0.25) is 0 Å². The van der Waals surface area contributed by atoms with Crippen LogP contribution in [0, 0.1) is 0 Å². The summed E-state index contributed by atoms with van der Waals surface area (Å²) in [6, 6.07) is 14.9. The molecule has 0 fully saturated rings. The van der Waals surface area contributed by atoms with Gasteiger partial charge in [-0.3, -0.25) is 0 Å². The zero-order valence-corrected chi connectivity index (χ0v) is 11.0. The van der Waals surface area contributed by atoms with E-state index in [0.29, 0.717) is 6.61 Å². The van der Waals surface area contributed by atoms with Gasteiger partial charge in [0, 0.05) is 11.6 Å². The van der Waals surface area contributed by atoms with Crippen molar-refractivity contribution in [2.24, 2.45) is 5.73 Å². The Bertz CT molecular complexity index is 540. The number of nitrogens with two attached hydrogens (primary N) is 1. The molecule has 3 nitrogen and oxygen atoms in total. The van der Waals surface area contributed by atoms with Crippen molar-refractivity contribution in [1.82, 2.24) is 0 Å². The molecule has 19 heavy (non-hydrogen) atoms. The van der Waals surface area contributed by atoms with Crippen LogP contribution < -0.4 is 10.5 Å². The van der Waals surface area contributed by atoms with Crippen molar-refractivity contribution in [3.8, 4) is 11.5 Å². The summed E-state index contributed by atoms with van der Waals surface area (Å²) in [5, 5.41) is 9.42. The molecule has 0 radical (unpaired) electrons. The number of benzene rings is 2. The lowest BCUT2D eigenvalue weighted by Crippen LogP contribution is -2.10. The van der Waals surface area contributed by atoms with Crippen LogP contribution in [-0.4, -0.2) is 5.11 Å². The van der Waals surface area contributed by atoms with Gasteiger partial charge < -0.3 is 15.6 Å². The van der Waals surface area contributed by atoms with Crippen LogP contribution in [0.5, 0.6) is 11.5 Å². The number of hydrogen-bond acceptors (Lipinski definition) is 3. The largest absolute Gasteiger partial charge is 0.508 e. The van der Waals surface area contributed by atoms with Crippen molar-refractivity contribution in [3.05, 3.63) is 59.7 Å². The van der Waals surface area contributed by atoms with E-state index in [1.54, 1.807) is 18.2 Å². The first-order valence-electron chi connectivity index (χ1n) is 6.46. The average molecular weight is 257 g/mol. The lowest BCUT2D eigenvalue weighted by atomic mass is 10.0. The normalized spacial score (nSPS) is 12.1. The van der Waals surface area contributed by atoms with Crippen LogP contribution in [0.4, 0.5) is 0 Å². The molecule has 2 rings (SSSR count). The highest BCUT2D eigenvalue weighted by molar-refractivity contribution is 5.36. The zero-order valence-electron chi connectivity index (χ0n) is 11.0. The Balaban J connectivity index is 2.11. The monoisotopic (exact) mass is 257 g/mol. The fourth-order valence-corrected chi connectivity index (χ4v) is 1.95.